The minimum atomic E-state index is 0.724. The third-order valence-corrected chi connectivity index (χ3v) is 4.65. The smallest absolute Gasteiger partial charge is 0.0480 e. The van der Waals surface area contributed by atoms with Crippen molar-refractivity contribution in [2.75, 3.05) is 5.75 Å². The molecule has 0 aliphatic carbocycles. The number of aryl methyl sites for hydroxylation is 1. The van der Waals surface area contributed by atoms with Crippen LogP contribution in [0.4, 0.5) is 0 Å². The van der Waals surface area contributed by atoms with E-state index in [4.69, 9.17) is 0 Å². The number of rotatable bonds is 1. The lowest BCUT2D eigenvalue weighted by molar-refractivity contribution is 0.762. The van der Waals surface area contributed by atoms with Gasteiger partial charge in [-0.15, -0.1) is 0 Å². The van der Waals surface area contributed by atoms with Crippen molar-refractivity contribution in [1.29, 1.82) is 0 Å². The molecule has 1 aromatic carbocycles. The molecule has 1 atom stereocenters. The van der Waals surface area contributed by atoms with Gasteiger partial charge < -0.3 is 4.57 Å². The number of hydrogen-bond donors (Lipinski definition) is 0. The van der Waals surface area contributed by atoms with Crippen LogP contribution in [-0.4, -0.2) is 10.3 Å². The maximum Gasteiger partial charge on any atom is 0.0480 e. The first kappa shape index (κ1) is 9.34. The highest BCUT2D eigenvalue weighted by molar-refractivity contribution is 7.99. The van der Waals surface area contributed by atoms with Gasteiger partial charge in [0, 0.05) is 23.5 Å². The van der Waals surface area contributed by atoms with Crippen molar-refractivity contribution in [2.45, 2.75) is 18.1 Å². The summed E-state index contributed by atoms with van der Waals surface area (Å²) in [4.78, 5) is 0. The first-order valence-corrected chi connectivity index (χ1v) is 6.57. The molecular weight excluding hydrogens is 202 g/mol. The number of nitrogens with zero attached hydrogens (tertiary/aromatic N) is 1. The number of hydrogen-bond acceptors (Lipinski definition) is 1. The molecule has 0 amide bonds. The molecule has 0 bridgehead atoms. The fraction of sp³-hybridized carbons (Fsp3) is 0.385. The second-order valence-electron chi connectivity index (χ2n) is 4.19. The maximum absolute atomic E-state index is 2.36. The Balaban J connectivity index is 2.14. The highest BCUT2D eigenvalue weighted by Gasteiger charge is 2.21. The van der Waals surface area contributed by atoms with Crippen LogP contribution in [0.15, 0.2) is 30.3 Å². The van der Waals surface area contributed by atoms with Gasteiger partial charge in [-0.3, -0.25) is 0 Å². The summed E-state index contributed by atoms with van der Waals surface area (Å²) in [5, 5.41) is 2.10. The molecule has 1 nitrogen and oxygen atoms in total. The van der Waals surface area contributed by atoms with Crippen LogP contribution in [0.1, 0.15) is 23.8 Å². The standard InChI is InChI=1S/C13H15NS/c1-14-11-6-3-2-5-10(11)9-12(14)13-7-4-8-15-13/h2-3,5-6,9,13H,4,7-8H2,1H3/t13-/m0/s1. The van der Waals surface area contributed by atoms with Crippen molar-refractivity contribution in [1.82, 2.24) is 4.57 Å². The van der Waals surface area contributed by atoms with Gasteiger partial charge in [0.2, 0.25) is 0 Å². The monoisotopic (exact) mass is 217 g/mol. The van der Waals surface area contributed by atoms with Crippen LogP contribution in [-0.2, 0) is 7.05 Å². The molecule has 3 rings (SSSR count). The van der Waals surface area contributed by atoms with Gasteiger partial charge in [0.05, 0.1) is 0 Å². The summed E-state index contributed by atoms with van der Waals surface area (Å²) in [6.07, 6.45) is 2.71. The van der Waals surface area contributed by atoms with E-state index in [0.29, 0.717) is 0 Å². The van der Waals surface area contributed by atoms with Crippen LogP contribution in [0.3, 0.4) is 0 Å². The van der Waals surface area contributed by atoms with Crippen molar-refractivity contribution < 1.29 is 0 Å². The summed E-state index contributed by atoms with van der Waals surface area (Å²) < 4.78 is 2.36. The third kappa shape index (κ3) is 1.48. The molecule has 1 fully saturated rings. The summed E-state index contributed by atoms with van der Waals surface area (Å²) in [7, 11) is 2.19. The average molecular weight is 217 g/mol. The van der Waals surface area contributed by atoms with E-state index in [0.717, 1.165) is 5.25 Å². The van der Waals surface area contributed by atoms with Gasteiger partial charge in [0.25, 0.3) is 0 Å². The van der Waals surface area contributed by atoms with E-state index in [1.165, 1.54) is 35.2 Å². The lowest BCUT2D eigenvalue weighted by Gasteiger charge is -2.10. The molecule has 0 N–H and O–H groups in total. The molecule has 0 radical (unpaired) electrons. The van der Waals surface area contributed by atoms with Gasteiger partial charge in [0.1, 0.15) is 0 Å². The van der Waals surface area contributed by atoms with Crippen molar-refractivity contribution in [3.63, 3.8) is 0 Å². The van der Waals surface area contributed by atoms with Gasteiger partial charge in [0.15, 0.2) is 0 Å². The van der Waals surface area contributed by atoms with Crippen molar-refractivity contribution >= 4 is 22.7 Å². The zero-order chi connectivity index (χ0) is 10.3. The summed E-state index contributed by atoms with van der Waals surface area (Å²) >= 11 is 2.10. The van der Waals surface area contributed by atoms with E-state index in [-0.39, 0.29) is 0 Å². The molecule has 0 spiro atoms. The van der Waals surface area contributed by atoms with Gasteiger partial charge in [-0.2, -0.15) is 11.8 Å². The topological polar surface area (TPSA) is 4.93 Å². The van der Waals surface area contributed by atoms with Crippen LogP contribution >= 0.6 is 11.8 Å². The molecule has 0 unspecified atom stereocenters. The van der Waals surface area contributed by atoms with Crippen molar-refractivity contribution in [2.24, 2.45) is 7.05 Å². The first-order chi connectivity index (χ1) is 7.36. The molecule has 15 heavy (non-hydrogen) atoms. The predicted molar refractivity (Wildman–Crippen MR) is 67.4 cm³/mol. The van der Waals surface area contributed by atoms with Gasteiger partial charge in [-0.05, 0) is 36.1 Å². The highest BCUT2D eigenvalue weighted by Crippen LogP contribution is 2.41. The minimum absolute atomic E-state index is 0.724. The Morgan fingerprint density at radius 1 is 1.33 bits per heavy atom. The van der Waals surface area contributed by atoms with Crippen LogP contribution in [0.25, 0.3) is 10.9 Å². The number of aromatic nitrogens is 1. The van der Waals surface area contributed by atoms with Gasteiger partial charge in [-0.25, -0.2) is 0 Å². The van der Waals surface area contributed by atoms with Crippen LogP contribution in [0.2, 0.25) is 0 Å². The second-order valence-corrected chi connectivity index (χ2v) is 5.50. The number of thioether (sulfide) groups is 1. The average Bonchev–Trinajstić information content (AvgIpc) is 2.87. The molecule has 78 valence electrons. The summed E-state index contributed by atoms with van der Waals surface area (Å²) in [6.45, 7) is 0. The number of para-hydroxylation sites is 1. The number of benzene rings is 1. The van der Waals surface area contributed by atoms with E-state index in [2.05, 4.69) is 53.7 Å². The summed E-state index contributed by atoms with van der Waals surface area (Å²) in [5.74, 6) is 1.33. The fourth-order valence-corrected chi connectivity index (χ4v) is 3.78. The zero-order valence-electron chi connectivity index (χ0n) is 8.94. The van der Waals surface area contributed by atoms with E-state index >= 15 is 0 Å². The second kappa shape index (κ2) is 3.60. The highest BCUT2D eigenvalue weighted by atomic mass is 32.2. The molecular formula is C13H15NS. The predicted octanol–water partition coefficient (Wildman–Crippen LogP) is 3.75. The van der Waals surface area contributed by atoms with E-state index in [1.54, 1.807) is 0 Å². The Bertz CT molecular complexity index is 480. The molecule has 2 heterocycles. The Kier molecular flexibility index (Phi) is 2.24. The Labute approximate surface area is 94.5 Å². The van der Waals surface area contributed by atoms with E-state index < -0.39 is 0 Å². The minimum Gasteiger partial charge on any atom is -0.347 e. The normalized spacial score (nSPS) is 21.3. The fourth-order valence-electron chi connectivity index (χ4n) is 2.43. The molecule has 1 aromatic heterocycles. The summed E-state index contributed by atoms with van der Waals surface area (Å²) in [5.41, 5.74) is 2.86. The Morgan fingerprint density at radius 2 is 2.20 bits per heavy atom. The van der Waals surface area contributed by atoms with E-state index in [9.17, 15) is 0 Å². The Hall–Kier alpha value is -0.890. The molecule has 0 saturated carbocycles. The quantitative estimate of drug-likeness (QED) is 0.704. The van der Waals surface area contributed by atoms with Crippen molar-refractivity contribution in [3.8, 4) is 0 Å². The third-order valence-electron chi connectivity index (χ3n) is 3.25. The van der Waals surface area contributed by atoms with Crippen LogP contribution in [0.5, 0.6) is 0 Å². The SMILES string of the molecule is Cn1c([C@@H]2CCCS2)cc2ccccc21. The molecule has 2 aromatic rings. The molecule has 1 saturated heterocycles. The zero-order valence-corrected chi connectivity index (χ0v) is 9.76. The largest absolute Gasteiger partial charge is 0.347 e. The lowest BCUT2D eigenvalue weighted by Crippen LogP contribution is -1.98. The molecule has 2 heteroatoms. The van der Waals surface area contributed by atoms with Crippen molar-refractivity contribution in [3.05, 3.63) is 36.0 Å². The summed E-state index contributed by atoms with van der Waals surface area (Å²) in [6, 6.07) is 11.0. The molecule has 1 aliphatic rings. The van der Waals surface area contributed by atoms with Crippen LogP contribution < -0.4 is 0 Å². The van der Waals surface area contributed by atoms with Crippen LogP contribution in [0, 0.1) is 0 Å². The van der Waals surface area contributed by atoms with Gasteiger partial charge in [-0.1, -0.05) is 18.2 Å². The number of fused-ring (bicyclic) bond motifs is 1. The van der Waals surface area contributed by atoms with E-state index in [1.807, 2.05) is 0 Å². The molecule has 1 aliphatic heterocycles. The van der Waals surface area contributed by atoms with Gasteiger partial charge >= 0.3 is 0 Å². The maximum atomic E-state index is 2.36. The first-order valence-electron chi connectivity index (χ1n) is 5.52. The Morgan fingerprint density at radius 3 is 2.93 bits per heavy atom. The lowest BCUT2D eigenvalue weighted by atomic mass is 10.2.